The molecule has 0 saturated carbocycles. The fourth-order valence-electron chi connectivity index (χ4n) is 3.60. The summed E-state index contributed by atoms with van der Waals surface area (Å²) in [5.41, 5.74) is 2.84. The van der Waals surface area contributed by atoms with E-state index in [2.05, 4.69) is 4.99 Å². The second kappa shape index (κ2) is 6.59. The fourth-order valence-corrected chi connectivity index (χ4v) is 3.60. The first-order valence-electron chi connectivity index (χ1n) is 8.83. The van der Waals surface area contributed by atoms with E-state index in [0.29, 0.717) is 49.2 Å². The highest BCUT2D eigenvalue weighted by Gasteiger charge is 2.37. The number of guanidine groups is 1. The smallest absolute Gasteiger partial charge is 0.226 e. The standard InChI is InChI=1S/C20H20N4O3/c1-11(21)15(12(2)25)16-18-17(13-5-3-4-6-14(13)19(16)26)22-20(23-18)24-7-9-27-10-8-24/h3-6,21,25H,7-10H2,1-2H3/b15-12+,21-11?. The summed E-state index contributed by atoms with van der Waals surface area (Å²) in [6, 6.07) is 7.26. The number of Topliss-reactive ketones (excluding diaryl/α,β-unsaturated/α-hetero) is 1. The van der Waals surface area contributed by atoms with Gasteiger partial charge in [-0.05, 0) is 13.8 Å². The van der Waals surface area contributed by atoms with Crippen molar-refractivity contribution in [2.45, 2.75) is 13.8 Å². The Morgan fingerprint density at radius 1 is 1.15 bits per heavy atom. The van der Waals surface area contributed by atoms with Crippen LogP contribution in [0.2, 0.25) is 0 Å². The third kappa shape index (κ3) is 2.80. The van der Waals surface area contributed by atoms with Gasteiger partial charge in [0, 0.05) is 35.5 Å². The van der Waals surface area contributed by atoms with Gasteiger partial charge in [0.1, 0.15) is 11.4 Å². The Hall–Kier alpha value is -3.06. The molecule has 7 heteroatoms. The average molecular weight is 364 g/mol. The topological polar surface area (TPSA) is 98.3 Å². The Labute approximate surface area is 156 Å². The van der Waals surface area contributed by atoms with Crippen LogP contribution in [0.3, 0.4) is 0 Å². The van der Waals surface area contributed by atoms with Crippen molar-refractivity contribution in [3.63, 3.8) is 0 Å². The number of hydrogen-bond acceptors (Lipinski definition) is 7. The minimum absolute atomic E-state index is 0.0768. The van der Waals surface area contributed by atoms with E-state index in [9.17, 15) is 9.90 Å². The number of aliphatic imine (C=N–C) groups is 2. The molecule has 0 bridgehead atoms. The van der Waals surface area contributed by atoms with Crippen molar-refractivity contribution in [2.24, 2.45) is 9.98 Å². The van der Waals surface area contributed by atoms with Crippen molar-refractivity contribution in [3.05, 3.63) is 58.0 Å². The van der Waals surface area contributed by atoms with Gasteiger partial charge in [-0.1, -0.05) is 24.3 Å². The summed E-state index contributed by atoms with van der Waals surface area (Å²) in [6.07, 6.45) is 0. The summed E-state index contributed by atoms with van der Waals surface area (Å²) >= 11 is 0. The number of rotatable bonds is 2. The molecule has 2 heterocycles. The first-order valence-corrected chi connectivity index (χ1v) is 8.83. The molecule has 2 N–H and O–H groups in total. The predicted molar refractivity (Wildman–Crippen MR) is 103 cm³/mol. The Kier molecular flexibility index (Phi) is 4.24. The average Bonchev–Trinajstić information content (AvgIpc) is 3.10. The number of benzene rings is 1. The second-order valence-electron chi connectivity index (χ2n) is 6.66. The van der Waals surface area contributed by atoms with E-state index < -0.39 is 0 Å². The molecule has 0 atom stereocenters. The molecule has 1 fully saturated rings. The number of hydrogen-bond donors (Lipinski definition) is 2. The molecular formula is C20H20N4O3. The first-order chi connectivity index (χ1) is 13.0. The number of morpholine rings is 1. The number of ketones is 1. The van der Waals surface area contributed by atoms with Crippen LogP contribution in [-0.2, 0) is 4.74 Å². The molecule has 3 aliphatic rings. The molecule has 0 spiro atoms. The third-order valence-corrected chi connectivity index (χ3v) is 4.82. The zero-order valence-corrected chi connectivity index (χ0v) is 15.2. The van der Waals surface area contributed by atoms with Gasteiger partial charge in [0.25, 0.3) is 0 Å². The van der Waals surface area contributed by atoms with Gasteiger partial charge >= 0.3 is 0 Å². The van der Waals surface area contributed by atoms with Crippen molar-refractivity contribution in [2.75, 3.05) is 26.3 Å². The lowest BCUT2D eigenvalue weighted by Gasteiger charge is -2.26. The summed E-state index contributed by atoms with van der Waals surface area (Å²) in [5.74, 6) is 0.219. The lowest BCUT2D eigenvalue weighted by atomic mass is 9.82. The van der Waals surface area contributed by atoms with Gasteiger partial charge in [-0.2, -0.15) is 0 Å². The number of nitrogens with zero attached hydrogens (tertiary/aromatic N) is 3. The number of aliphatic hydroxyl groups is 1. The van der Waals surface area contributed by atoms with Crippen LogP contribution >= 0.6 is 0 Å². The number of carbonyl (C=O) groups excluding carboxylic acids is 1. The summed E-state index contributed by atoms with van der Waals surface area (Å²) in [4.78, 5) is 24.6. The van der Waals surface area contributed by atoms with E-state index in [1.807, 2.05) is 17.0 Å². The van der Waals surface area contributed by atoms with Crippen LogP contribution in [0.1, 0.15) is 29.8 Å². The number of ether oxygens (including phenoxy) is 1. The molecule has 7 nitrogen and oxygen atoms in total. The molecule has 0 aromatic heterocycles. The van der Waals surface area contributed by atoms with Crippen LogP contribution in [0.5, 0.6) is 0 Å². The van der Waals surface area contributed by atoms with E-state index >= 15 is 0 Å². The number of fused-ring (bicyclic) bond motifs is 3. The monoisotopic (exact) mass is 364 g/mol. The number of aliphatic hydroxyl groups excluding tert-OH is 1. The van der Waals surface area contributed by atoms with Gasteiger partial charge in [-0.15, -0.1) is 0 Å². The van der Waals surface area contributed by atoms with Gasteiger partial charge in [0.2, 0.25) is 5.96 Å². The molecular weight excluding hydrogens is 344 g/mol. The van der Waals surface area contributed by atoms with Gasteiger partial charge in [0.15, 0.2) is 5.78 Å². The highest BCUT2D eigenvalue weighted by atomic mass is 16.5. The third-order valence-electron chi connectivity index (χ3n) is 4.82. The van der Waals surface area contributed by atoms with Gasteiger partial charge in [0.05, 0.1) is 24.5 Å². The quantitative estimate of drug-likeness (QED) is 0.622. The summed E-state index contributed by atoms with van der Waals surface area (Å²) in [5, 5.41) is 18.2. The predicted octanol–water partition coefficient (Wildman–Crippen LogP) is 2.50. The van der Waals surface area contributed by atoms with E-state index in [-0.39, 0.29) is 28.4 Å². The Balaban J connectivity index is 1.95. The molecule has 1 aliphatic carbocycles. The van der Waals surface area contributed by atoms with Crippen LogP contribution in [0, 0.1) is 5.41 Å². The fraction of sp³-hybridized carbons (Fsp3) is 0.300. The maximum Gasteiger partial charge on any atom is 0.226 e. The second-order valence-corrected chi connectivity index (χ2v) is 6.66. The van der Waals surface area contributed by atoms with Crippen LogP contribution in [0.25, 0.3) is 0 Å². The summed E-state index contributed by atoms with van der Waals surface area (Å²) in [6.45, 7) is 5.59. The highest BCUT2D eigenvalue weighted by molar-refractivity contribution is 6.35. The highest BCUT2D eigenvalue weighted by Crippen LogP contribution is 2.35. The van der Waals surface area contributed by atoms with Crippen molar-refractivity contribution in [3.8, 4) is 0 Å². The van der Waals surface area contributed by atoms with E-state index in [0.717, 1.165) is 5.56 Å². The Bertz CT molecular complexity index is 975. The molecule has 138 valence electrons. The van der Waals surface area contributed by atoms with E-state index in [1.54, 1.807) is 19.1 Å². The molecule has 4 rings (SSSR count). The lowest BCUT2D eigenvalue weighted by molar-refractivity contribution is 0.0677. The number of allylic oxidation sites excluding steroid dienone is 4. The van der Waals surface area contributed by atoms with Crippen LogP contribution in [-0.4, -0.2) is 59.5 Å². The van der Waals surface area contributed by atoms with Crippen LogP contribution in [0.4, 0.5) is 0 Å². The van der Waals surface area contributed by atoms with Crippen molar-refractivity contribution in [1.29, 1.82) is 5.41 Å². The Morgan fingerprint density at radius 3 is 2.44 bits per heavy atom. The molecule has 0 amide bonds. The van der Waals surface area contributed by atoms with Crippen molar-refractivity contribution in [1.82, 2.24) is 4.90 Å². The molecule has 1 saturated heterocycles. The summed E-state index contributed by atoms with van der Waals surface area (Å²) in [7, 11) is 0. The largest absolute Gasteiger partial charge is 0.512 e. The lowest BCUT2D eigenvalue weighted by Crippen LogP contribution is -2.39. The molecule has 27 heavy (non-hydrogen) atoms. The Morgan fingerprint density at radius 2 is 1.81 bits per heavy atom. The maximum atomic E-state index is 13.2. The van der Waals surface area contributed by atoms with E-state index in [1.165, 1.54) is 6.92 Å². The zero-order valence-electron chi connectivity index (χ0n) is 15.2. The zero-order chi connectivity index (χ0) is 19.1. The van der Waals surface area contributed by atoms with Gasteiger partial charge in [-0.25, -0.2) is 9.98 Å². The summed E-state index contributed by atoms with van der Waals surface area (Å²) < 4.78 is 5.39. The molecule has 0 unspecified atom stereocenters. The van der Waals surface area contributed by atoms with Crippen LogP contribution < -0.4 is 0 Å². The van der Waals surface area contributed by atoms with E-state index in [4.69, 9.17) is 15.1 Å². The molecule has 2 aliphatic heterocycles. The van der Waals surface area contributed by atoms with Crippen molar-refractivity contribution < 1.29 is 14.6 Å². The van der Waals surface area contributed by atoms with Gasteiger partial charge < -0.3 is 20.2 Å². The minimum atomic E-state index is -0.249. The number of carbonyl (C=O) groups is 1. The van der Waals surface area contributed by atoms with Crippen LogP contribution in [0.15, 0.2) is 56.9 Å². The first kappa shape index (κ1) is 17.4. The minimum Gasteiger partial charge on any atom is -0.512 e. The van der Waals surface area contributed by atoms with Crippen molar-refractivity contribution >= 4 is 23.2 Å². The van der Waals surface area contributed by atoms with Gasteiger partial charge in [-0.3, -0.25) is 4.79 Å². The number of nitrogens with one attached hydrogen (secondary N) is 1. The molecule has 1 aromatic rings. The maximum absolute atomic E-state index is 13.2. The SMILES string of the molecule is CC(=N)/C(C1=C2N=C(N3CCOCC3)N=C2c2ccccc2C1=O)=C(/C)O. The molecule has 1 aromatic carbocycles. The normalized spacial score (nSPS) is 19.9. The molecule has 0 radical (unpaired) electrons.